The summed E-state index contributed by atoms with van der Waals surface area (Å²) < 4.78 is 4.72. The Hall–Kier alpha value is -2.05. The molecule has 0 aliphatic rings. The number of hydrogen-bond donors (Lipinski definition) is 2. The molecule has 0 aliphatic carbocycles. The molecule has 7 nitrogen and oxygen atoms in total. The van der Waals surface area contributed by atoms with Gasteiger partial charge in [0.25, 0.3) is 0 Å². The minimum absolute atomic E-state index is 0.0771. The van der Waals surface area contributed by atoms with Crippen LogP contribution in [-0.4, -0.2) is 53.7 Å². The molecule has 0 aromatic carbocycles. The van der Waals surface area contributed by atoms with Gasteiger partial charge in [-0.25, -0.2) is 9.59 Å². The molecule has 0 rings (SSSR count). The minimum Gasteiger partial charge on any atom is -0.480 e. The highest BCUT2D eigenvalue weighted by Gasteiger charge is 2.21. The van der Waals surface area contributed by atoms with Gasteiger partial charge in [-0.15, -0.1) is 6.58 Å². The summed E-state index contributed by atoms with van der Waals surface area (Å²) >= 11 is 0. The van der Waals surface area contributed by atoms with E-state index in [-0.39, 0.29) is 13.2 Å². The first-order valence-corrected chi connectivity index (χ1v) is 5.47. The van der Waals surface area contributed by atoms with E-state index in [0.717, 1.165) is 4.90 Å². The second kappa shape index (κ2) is 8.10. The van der Waals surface area contributed by atoms with Crippen molar-refractivity contribution in [3.05, 3.63) is 12.7 Å². The fraction of sp³-hybridized carbons (Fsp3) is 0.545. The molecule has 0 bridgehead atoms. The normalized spacial score (nSPS) is 11.2. The zero-order chi connectivity index (χ0) is 14.1. The summed E-state index contributed by atoms with van der Waals surface area (Å²) in [5, 5.41) is 11.0. The number of carboxylic acid groups (broad SMARTS) is 1. The van der Waals surface area contributed by atoms with Crippen LogP contribution in [0.4, 0.5) is 4.79 Å². The molecule has 18 heavy (non-hydrogen) atoms. The Morgan fingerprint density at radius 3 is 2.56 bits per heavy atom. The molecule has 0 aromatic heterocycles. The van der Waals surface area contributed by atoms with E-state index in [4.69, 9.17) is 9.84 Å². The van der Waals surface area contributed by atoms with Gasteiger partial charge in [-0.1, -0.05) is 6.08 Å². The lowest BCUT2D eigenvalue weighted by Gasteiger charge is -2.21. The van der Waals surface area contributed by atoms with Crippen molar-refractivity contribution in [2.24, 2.45) is 0 Å². The Morgan fingerprint density at radius 2 is 2.11 bits per heavy atom. The summed E-state index contributed by atoms with van der Waals surface area (Å²) in [6.45, 7) is 6.37. The Labute approximate surface area is 105 Å². The fourth-order valence-corrected chi connectivity index (χ4v) is 1.14. The third-order valence-corrected chi connectivity index (χ3v) is 1.94. The first kappa shape index (κ1) is 16.0. The number of carbonyl (C=O) groups excluding carboxylic acids is 2. The predicted octanol–water partition coefficient (Wildman–Crippen LogP) is 0.220. The summed E-state index contributed by atoms with van der Waals surface area (Å²) in [5.74, 6) is -1.71. The van der Waals surface area contributed by atoms with Crippen LogP contribution in [0.15, 0.2) is 12.7 Å². The highest BCUT2D eigenvalue weighted by molar-refractivity contribution is 5.85. The van der Waals surface area contributed by atoms with Gasteiger partial charge in [-0.3, -0.25) is 4.79 Å². The minimum atomic E-state index is -1.14. The number of carboxylic acids is 1. The molecule has 2 amide bonds. The van der Waals surface area contributed by atoms with Crippen LogP contribution >= 0.6 is 0 Å². The van der Waals surface area contributed by atoms with Crippen molar-refractivity contribution < 1.29 is 24.2 Å². The van der Waals surface area contributed by atoms with Crippen molar-refractivity contribution in [3.63, 3.8) is 0 Å². The van der Waals surface area contributed by atoms with E-state index >= 15 is 0 Å². The van der Waals surface area contributed by atoms with Crippen molar-refractivity contribution in [2.45, 2.75) is 19.9 Å². The monoisotopic (exact) mass is 258 g/mol. The Morgan fingerprint density at radius 1 is 1.50 bits per heavy atom. The van der Waals surface area contributed by atoms with Gasteiger partial charge < -0.3 is 20.1 Å². The molecular formula is C11H18N2O5. The number of nitrogens with one attached hydrogen (secondary N) is 1. The number of amides is 2. The zero-order valence-electron chi connectivity index (χ0n) is 10.5. The maximum absolute atomic E-state index is 11.7. The lowest BCUT2D eigenvalue weighted by atomic mass is 10.3. The molecule has 0 aromatic rings. The van der Waals surface area contributed by atoms with E-state index < -0.39 is 30.6 Å². The van der Waals surface area contributed by atoms with Gasteiger partial charge in [-0.2, -0.15) is 0 Å². The van der Waals surface area contributed by atoms with Crippen molar-refractivity contribution in [3.8, 4) is 0 Å². The molecular weight excluding hydrogens is 240 g/mol. The van der Waals surface area contributed by atoms with E-state index in [0.29, 0.717) is 0 Å². The Bertz CT molecular complexity index is 329. The van der Waals surface area contributed by atoms with Gasteiger partial charge in [0.1, 0.15) is 12.6 Å². The van der Waals surface area contributed by atoms with Crippen molar-refractivity contribution in [1.82, 2.24) is 10.2 Å². The van der Waals surface area contributed by atoms with Crippen LogP contribution in [-0.2, 0) is 14.3 Å². The summed E-state index contributed by atoms with van der Waals surface area (Å²) in [6.07, 6.45) is 1.40. The molecule has 0 saturated heterocycles. The Balaban J connectivity index is 4.44. The highest BCUT2D eigenvalue weighted by Crippen LogP contribution is 1.94. The zero-order valence-corrected chi connectivity index (χ0v) is 10.5. The first-order chi connectivity index (χ1) is 8.42. The quantitative estimate of drug-likeness (QED) is 0.503. The van der Waals surface area contributed by atoms with Crippen LogP contribution in [0.25, 0.3) is 0 Å². The fourth-order valence-electron chi connectivity index (χ4n) is 1.14. The molecule has 102 valence electrons. The van der Waals surface area contributed by atoms with E-state index in [1.54, 1.807) is 6.92 Å². The van der Waals surface area contributed by atoms with Crippen LogP contribution in [0.2, 0.25) is 0 Å². The average molecular weight is 258 g/mol. The van der Waals surface area contributed by atoms with Crippen molar-refractivity contribution in [2.75, 3.05) is 19.7 Å². The molecule has 0 saturated carbocycles. The molecule has 0 heterocycles. The summed E-state index contributed by atoms with van der Waals surface area (Å²) in [6, 6.07) is -1.49. The SMILES string of the molecule is C=CCN(CC(=O)O)C(=O)NC(C)C(=O)OCC. The van der Waals surface area contributed by atoms with Crippen LogP contribution in [0.3, 0.4) is 0 Å². The van der Waals surface area contributed by atoms with Crippen LogP contribution in [0.1, 0.15) is 13.8 Å². The summed E-state index contributed by atoms with van der Waals surface area (Å²) in [5.41, 5.74) is 0. The third-order valence-electron chi connectivity index (χ3n) is 1.94. The van der Waals surface area contributed by atoms with Gasteiger partial charge >= 0.3 is 18.0 Å². The van der Waals surface area contributed by atoms with Crippen LogP contribution in [0.5, 0.6) is 0 Å². The summed E-state index contributed by atoms with van der Waals surface area (Å²) in [4.78, 5) is 34.6. The number of rotatable bonds is 7. The second-order valence-electron chi connectivity index (χ2n) is 3.49. The van der Waals surface area contributed by atoms with Gasteiger partial charge in [0.05, 0.1) is 6.61 Å². The molecule has 0 spiro atoms. The number of nitrogens with zero attached hydrogens (tertiary/aromatic N) is 1. The molecule has 2 N–H and O–H groups in total. The number of urea groups is 1. The first-order valence-electron chi connectivity index (χ1n) is 5.47. The van der Waals surface area contributed by atoms with Gasteiger partial charge in [0, 0.05) is 6.54 Å². The lowest BCUT2D eigenvalue weighted by molar-refractivity contribution is -0.144. The summed E-state index contributed by atoms with van der Waals surface area (Å²) in [7, 11) is 0. The molecule has 1 atom stereocenters. The second-order valence-corrected chi connectivity index (χ2v) is 3.49. The number of hydrogen-bond acceptors (Lipinski definition) is 4. The van der Waals surface area contributed by atoms with E-state index in [2.05, 4.69) is 11.9 Å². The Kier molecular flexibility index (Phi) is 7.18. The van der Waals surface area contributed by atoms with Gasteiger partial charge in [-0.05, 0) is 13.8 Å². The maximum atomic E-state index is 11.7. The third kappa shape index (κ3) is 5.88. The van der Waals surface area contributed by atoms with Crippen LogP contribution < -0.4 is 5.32 Å². The molecule has 0 fully saturated rings. The largest absolute Gasteiger partial charge is 0.480 e. The predicted molar refractivity (Wildman–Crippen MR) is 64.0 cm³/mol. The molecule has 0 aliphatic heterocycles. The number of carbonyl (C=O) groups is 3. The molecule has 0 radical (unpaired) electrons. The number of esters is 1. The van der Waals surface area contributed by atoms with E-state index in [9.17, 15) is 14.4 Å². The molecule has 1 unspecified atom stereocenters. The molecule has 7 heteroatoms. The number of ether oxygens (including phenoxy) is 1. The lowest BCUT2D eigenvalue weighted by Crippen LogP contribution is -2.48. The van der Waals surface area contributed by atoms with Gasteiger partial charge in [0.2, 0.25) is 0 Å². The highest BCUT2D eigenvalue weighted by atomic mass is 16.5. The van der Waals surface area contributed by atoms with Crippen molar-refractivity contribution in [1.29, 1.82) is 0 Å². The van der Waals surface area contributed by atoms with E-state index in [1.165, 1.54) is 13.0 Å². The van der Waals surface area contributed by atoms with Crippen molar-refractivity contribution >= 4 is 18.0 Å². The van der Waals surface area contributed by atoms with Crippen LogP contribution in [0, 0.1) is 0 Å². The van der Waals surface area contributed by atoms with E-state index in [1.807, 2.05) is 0 Å². The average Bonchev–Trinajstić information content (AvgIpc) is 2.28. The topological polar surface area (TPSA) is 95.9 Å². The van der Waals surface area contributed by atoms with Gasteiger partial charge in [0.15, 0.2) is 0 Å². The maximum Gasteiger partial charge on any atom is 0.328 e. The smallest absolute Gasteiger partial charge is 0.328 e. The standard InChI is InChI=1S/C11H18N2O5/c1-4-6-13(7-9(14)15)11(17)12-8(3)10(16)18-5-2/h4,8H,1,5-7H2,2-3H3,(H,12,17)(H,14,15). The number of aliphatic carboxylic acids is 1.